The Hall–Kier alpha value is -2.30. The van der Waals surface area contributed by atoms with Crippen LogP contribution in [0.15, 0.2) is 48.5 Å². The van der Waals surface area contributed by atoms with Crippen molar-refractivity contribution in [1.29, 1.82) is 0 Å². The summed E-state index contributed by atoms with van der Waals surface area (Å²) in [5.74, 6) is 0.670. The molecular weight excluding hydrogens is 377 g/mol. The zero-order valence-electron chi connectivity index (χ0n) is 16.7. The van der Waals surface area contributed by atoms with E-state index in [0.29, 0.717) is 23.0 Å². The van der Waals surface area contributed by atoms with E-state index in [1.54, 1.807) is 18.2 Å². The van der Waals surface area contributed by atoms with Gasteiger partial charge in [-0.1, -0.05) is 30.3 Å². The maximum Gasteiger partial charge on any atom is 0.407 e. The van der Waals surface area contributed by atoms with Crippen molar-refractivity contribution in [2.75, 3.05) is 0 Å². The van der Waals surface area contributed by atoms with E-state index < -0.39 is 19.7 Å². The summed E-state index contributed by atoms with van der Waals surface area (Å²) >= 11 is 0. The van der Waals surface area contributed by atoms with Crippen LogP contribution in [-0.4, -0.2) is 22.6 Å². The minimum Gasteiger partial charge on any atom is -0.489 e. The molecule has 2 atom stereocenters. The Labute approximate surface area is 166 Å². The van der Waals surface area contributed by atoms with Gasteiger partial charge in [0.05, 0.1) is 0 Å². The molecule has 152 valence electrons. The predicted molar refractivity (Wildman–Crippen MR) is 111 cm³/mol. The van der Waals surface area contributed by atoms with Gasteiger partial charge in [-0.25, -0.2) is 4.79 Å². The van der Waals surface area contributed by atoms with Gasteiger partial charge in [-0.3, -0.25) is 4.57 Å². The minimum absolute atomic E-state index is 0.0735. The summed E-state index contributed by atoms with van der Waals surface area (Å²) in [7, 11) is -2.76. The van der Waals surface area contributed by atoms with Crippen molar-refractivity contribution in [3.05, 3.63) is 59.7 Å². The van der Waals surface area contributed by atoms with E-state index in [1.807, 2.05) is 58.0 Å². The first-order valence-corrected chi connectivity index (χ1v) is 10.5. The molecule has 0 radical (unpaired) electrons. The minimum atomic E-state index is -2.76. The van der Waals surface area contributed by atoms with Gasteiger partial charge in [0.1, 0.15) is 18.0 Å². The van der Waals surface area contributed by atoms with Crippen LogP contribution < -0.4 is 15.4 Å². The molecule has 0 bridgehead atoms. The lowest BCUT2D eigenvalue weighted by atomic mass is 10.1. The van der Waals surface area contributed by atoms with Crippen LogP contribution in [0.5, 0.6) is 5.75 Å². The van der Waals surface area contributed by atoms with Gasteiger partial charge in [0.25, 0.3) is 0 Å². The topological polar surface area (TPSA) is 84.9 Å². The van der Waals surface area contributed by atoms with Crippen LogP contribution in [0.25, 0.3) is 0 Å². The second-order valence-electron chi connectivity index (χ2n) is 7.65. The highest BCUT2D eigenvalue weighted by Gasteiger charge is 2.17. The third kappa shape index (κ3) is 7.37. The van der Waals surface area contributed by atoms with Gasteiger partial charge in [0, 0.05) is 16.9 Å². The molecule has 0 heterocycles. The highest BCUT2D eigenvalue weighted by atomic mass is 31.1. The summed E-state index contributed by atoms with van der Waals surface area (Å²) in [4.78, 5) is 21.2. The standard InChI is InChI=1S/C21H28NO5P/c1-15(22-20(23)27-21(2,3)4)13-16-9-11-18(12-10-16)26-14-17-7-5-6-8-19(17)28(24)25/h5-12,15,28H,13-14H2,1-4H3,(H,22,23)(H,24,25). The molecule has 0 aliphatic carbocycles. The van der Waals surface area contributed by atoms with Gasteiger partial charge in [-0.2, -0.15) is 0 Å². The summed E-state index contributed by atoms with van der Waals surface area (Å²) in [6, 6.07) is 14.5. The third-order valence-corrected chi connectivity index (χ3v) is 4.82. The number of nitrogens with one attached hydrogen (secondary N) is 1. The van der Waals surface area contributed by atoms with Crippen LogP contribution in [-0.2, 0) is 22.3 Å². The predicted octanol–water partition coefficient (Wildman–Crippen LogP) is 3.81. The van der Waals surface area contributed by atoms with E-state index in [9.17, 15) is 14.3 Å². The molecule has 0 aromatic heterocycles. The summed E-state index contributed by atoms with van der Waals surface area (Å²) in [5.41, 5.74) is 1.23. The fourth-order valence-electron chi connectivity index (χ4n) is 2.65. The average molecular weight is 405 g/mol. The second kappa shape index (κ2) is 9.76. The van der Waals surface area contributed by atoms with E-state index in [2.05, 4.69) is 5.32 Å². The lowest BCUT2D eigenvalue weighted by molar-refractivity contribution is 0.0508. The Balaban J connectivity index is 1.88. The summed E-state index contributed by atoms with van der Waals surface area (Å²) < 4.78 is 22.4. The van der Waals surface area contributed by atoms with E-state index >= 15 is 0 Å². The molecule has 1 unspecified atom stereocenters. The Bertz CT molecular complexity index is 814. The molecule has 2 N–H and O–H groups in total. The maximum atomic E-state index is 11.8. The maximum absolute atomic E-state index is 11.8. The highest BCUT2D eigenvalue weighted by molar-refractivity contribution is 7.47. The van der Waals surface area contributed by atoms with Gasteiger partial charge in [-0.15, -0.1) is 0 Å². The number of rotatable bonds is 7. The first-order chi connectivity index (χ1) is 13.1. The molecular formula is C21H28NO5P. The van der Waals surface area contributed by atoms with Crippen LogP contribution in [0.1, 0.15) is 38.8 Å². The van der Waals surface area contributed by atoms with Gasteiger partial charge in [-0.05, 0) is 57.9 Å². The monoisotopic (exact) mass is 405 g/mol. The lowest BCUT2D eigenvalue weighted by Gasteiger charge is -2.22. The molecule has 0 aliphatic heterocycles. The van der Waals surface area contributed by atoms with Crippen LogP contribution in [0.4, 0.5) is 4.79 Å². The van der Waals surface area contributed by atoms with Crippen molar-refractivity contribution < 1.29 is 23.7 Å². The fourth-order valence-corrected chi connectivity index (χ4v) is 3.32. The van der Waals surface area contributed by atoms with E-state index in [0.717, 1.165) is 5.56 Å². The summed E-state index contributed by atoms with van der Waals surface area (Å²) in [6.07, 6.45) is 0.233. The van der Waals surface area contributed by atoms with Gasteiger partial charge >= 0.3 is 6.09 Å². The molecule has 7 heteroatoms. The molecule has 0 spiro atoms. The van der Waals surface area contributed by atoms with Crippen LogP contribution in [0.2, 0.25) is 0 Å². The Kier molecular flexibility index (Phi) is 7.67. The number of carbonyl (C=O) groups is 1. The zero-order valence-corrected chi connectivity index (χ0v) is 17.7. The number of benzene rings is 2. The third-order valence-electron chi connectivity index (χ3n) is 3.87. The molecule has 2 aromatic carbocycles. The van der Waals surface area contributed by atoms with Crippen molar-refractivity contribution >= 4 is 19.4 Å². The first-order valence-electron chi connectivity index (χ1n) is 9.16. The SMILES string of the molecule is CC(Cc1ccc(OCc2ccccc2[P@H](=O)O)cc1)NC(=O)OC(C)(C)C. The van der Waals surface area contributed by atoms with Crippen LogP contribution in [0.3, 0.4) is 0 Å². The van der Waals surface area contributed by atoms with Crippen molar-refractivity contribution in [2.45, 2.75) is 52.4 Å². The van der Waals surface area contributed by atoms with Crippen LogP contribution in [0, 0.1) is 0 Å². The summed E-state index contributed by atoms with van der Waals surface area (Å²) in [6.45, 7) is 7.63. The quantitative estimate of drug-likeness (QED) is 0.684. The molecule has 1 amide bonds. The Morgan fingerprint density at radius 1 is 1.14 bits per heavy atom. The number of alkyl carbamates (subject to hydrolysis) is 1. The molecule has 0 saturated carbocycles. The summed E-state index contributed by atoms with van der Waals surface area (Å²) in [5, 5.41) is 3.24. The molecule has 2 rings (SSSR count). The van der Waals surface area contributed by atoms with Crippen LogP contribution >= 0.6 is 8.03 Å². The molecule has 6 nitrogen and oxygen atoms in total. The van der Waals surface area contributed by atoms with E-state index in [4.69, 9.17) is 9.47 Å². The number of ether oxygens (including phenoxy) is 2. The van der Waals surface area contributed by atoms with Crippen molar-refractivity contribution in [3.8, 4) is 5.75 Å². The van der Waals surface area contributed by atoms with E-state index in [1.165, 1.54) is 0 Å². The Morgan fingerprint density at radius 3 is 2.39 bits per heavy atom. The Morgan fingerprint density at radius 2 is 1.79 bits per heavy atom. The number of hydrogen-bond donors (Lipinski definition) is 2. The first kappa shape index (κ1) is 22.0. The zero-order chi connectivity index (χ0) is 20.7. The molecule has 0 saturated heterocycles. The van der Waals surface area contributed by atoms with Crippen molar-refractivity contribution in [2.24, 2.45) is 0 Å². The smallest absolute Gasteiger partial charge is 0.407 e. The number of hydrogen-bond acceptors (Lipinski definition) is 4. The lowest BCUT2D eigenvalue weighted by Crippen LogP contribution is -2.38. The molecule has 28 heavy (non-hydrogen) atoms. The van der Waals surface area contributed by atoms with Crippen molar-refractivity contribution in [3.63, 3.8) is 0 Å². The van der Waals surface area contributed by atoms with Crippen molar-refractivity contribution in [1.82, 2.24) is 5.32 Å². The molecule has 2 aromatic rings. The van der Waals surface area contributed by atoms with Gasteiger partial charge < -0.3 is 19.7 Å². The highest BCUT2D eigenvalue weighted by Crippen LogP contribution is 2.19. The average Bonchev–Trinajstić information content (AvgIpc) is 2.59. The largest absolute Gasteiger partial charge is 0.489 e. The number of amides is 1. The molecule has 0 fully saturated rings. The normalized spacial score (nSPS) is 13.5. The molecule has 0 aliphatic rings. The second-order valence-corrected chi connectivity index (χ2v) is 8.80. The van der Waals surface area contributed by atoms with Gasteiger partial charge in [0.2, 0.25) is 8.03 Å². The van der Waals surface area contributed by atoms with Gasteiger partial charge in [0.15, 0.2) is 0 Å². The van der Waals surface area contributed by atoms with E-state index in [-0.39, 0.29) is 12.6 Å². The number of carbonyl (C=O) groups excluding carboxylic acids is 1. The fraction of sp³-hybridized carbons (Fsp3) is 0.381.